The molecular weight excluding hydrogens is 369 g/mol. The Hall–Kier alpha value is -2.35. The number of carbonyl (C=O) groups excluding carboxylic acids is 1. The number of nitrogens with zero attached hydrogens (tertiary/aromatic N) is 2. The minimum absolute atomic E-state index is 0.0668. The average molecular weight is 390 g/mol. The number of aromatic amines is 1. The summed E-state index contributed by atoms with van der Waals surface area (Å²) in [4.78, 5) is 14.7. The van der Waals surface area contributed by atoms with Crippen molar-refractivity contribution in [3.8, 4) is 0 Å². The number of fused-ring (bicyclic) bond motifs is 2. The Labute approximate surface area is 160 Å². The molecule has 1 amide bonds. The number of benzene rings is 1. The molecule has 5 nitrogen and oxygen atoms in total. The third kappa shape index (κ3) is 2.82. The monoisotopic (exact) mass is 390 g/mol. The van der Waals surface area contributed by atoms with E-state index in [0.717, 1.165) is 11.3 Å². The van der Waals surface area contributed by atoms with Gasteiger partial charge in [0.25, 0.3) is 5.91 Å². The van der Waals surface area contributed by atoms with Gasteiger partial charge in [0.05, 0.1) is 11.3 Å². The van der Waals surface area contributed by atoms with Crippen LogP contribution in [0.25, 0.3) is 0 Å². The van der Waals surface area contributed by atoms with Gasteiger partial charge in [0.2, 0.25) is 0 Å². The summed E-state index contributed by atoms with van der Waals surface area (Å²) >= 11 is 0. The summed E-state index contributed by atoms with van der Waals surface area (Å²) < 4.78 is 40.1. The molecule has 1 aromatic carbocycles. The van der Waals surface area contributed by atoms with Crippen LogP contribution >= 0.6 is 0 Å². The Bertz CT molecular complexity index is 908. The molecule has 2 aliphatic heterocycles. The second-order valence-electron chi connectivity index (χ2n) is 8.12. The van der Waals surface area contributed by atoms with Crippen molar-refractivity contribution in [2.75, 3.05) is 13.1 Å². The maximum Gasteiger partial charge on any atom is 0.416 e. The number of H-pyrrole nitrogens is 1. The lowest BCUT2D eigenvalue weighted by Gasteiger charge is -2.21. The van der Waals surface area contributed by atoms with E-state index in [-0.39, 0.29) is 23.7 Å². The molecule has 8 heteroatoms. The van der Waals surface area contributed by atoms with Crippen LogP contribution in [0.2, 0.25) is 0 Å². The number of carbonyl (C=O) groups is 1. The summed E-state index contributed by atoms with van der Waals surface area (Å²) in [6.07, 6.45) is -2.94. The molecule has 1 aromatic heterocycles. The number of rotatable bonds is 2. The van der Waals surface area contributed by atoms with Gasteiger partial charge in [0.1, 0.15) is 0 Å². The Morgan fingerprint density at radius 2 is 1.82 bits per heavy atom. The van der Waals surface area contributed by atoms with Crippen LogP contribution in [0.5, 0.6) is 0 Å². The van der Waals surface area contributed by atoms with Crippen LogP contribution in [0.3, 0.4) is 0 Å². The summed E-state index contributed by atoms with van der Waals surface area (Å²) in [5.41, 5.74) is 2.27. The zero-order chi connectivity index (χ0) is 19.5. The van der Waals surface area contributed by atoms with Crippen molar-refractivity contribution in [3.63, 3.8) is 0 Å². The van der Waals surface area contributed by atoms with Gasteiger partial charge in [0, 0.05) is 31.7 Å². The van der Waals surface area contributed by atoms with Crippen LogP contribution < -0.4 is 5.32 Å². The van der Waals surface area contributed by atoms with Gasteiger partial charge in [-0.15, -0.1) is 0 Å². The Kier molecular flexibility index (Phi) is 4.01. The van der Waals surface area contributed by atoms with Crippen molar-refractivity contribution in [2.24, 2.45) is 11.8 Å². The number of nitrogens with one attached hydrogen (secondary N) is 2. The summed E-state index contributed by atoms with van der Waals surface area (Å²) in [5, 5.41) is 10.3. The fraction of sp³-hybridized carbons (Fsp3) is 0.500. The molecule has 0 radical (unpaired) electrons. The fourth-order valence-electron chi connectivity index (χ4n) is 5.21. The highest BCUT2D eigenvalue weighted by Crippen LogP contribution is 2.49. The van der Waals surface area contributed by atoms with E-state index >= 15 is 0 Å². The average Bonchev–Trinajstić information content (AvgIpc) is 3.39. The van der Waals surface area contributed by atoms with Gasteiger partial charge in [-0.3, -0.25) is 9.89 Å². The van der Waals surface area contributed by atoms with E-state index in [1.807, 2.05) is 4.90 Å². The predicted molar refractivity (Wildman–Crippen MR) is 95.4 cm³/mol. The normalized spacial score (nSPS) is 26.5. The quantitative estimate of drug-likeness (QED) is 0.827. The summed E-state index contributed by atoms with van der Waals surface area (Å²) in [7, 11) is 0. The van der Waals surface area contributed by atoms with Crippen molar-refractivity contribution in [3.05, 3.63) is 52.3 Å². The van der Waals surface area contributed by atoms with E-state index in [0.29, 0.717) is 50.3 Å². The molecule has 5 rings (SSSR count). The van der Waals surface area contributed by atoms with Crippen molar-refractivity contribution in [1.29, 1.82) is 0 Å². The standard InChI is InChI=1S/C20H21F3N4O/c21-20(22,23)16-4-2-1-3-14(16)11-5-12-9-27(10-13(12)6-11)19(28)18-15-7-24-8-17(15)25-26-18/h1-4,11-13,24H,5-10H2,(H,25,26)/t11-,12-,13?/m0/s1. The lowest BCUT2D eigenvalue weighted by molar-refractivity contribution is -0.138. The smallest absolute Gasteiger partial charge is 0.337 e. The maximum atomic E-state index is 13.4. The van der Waals surface area contributed by atoms with Crippen molar-refractivity contribution >= 4 is 5.91 Å². The molecule has 3 heterocycles. The Balaban J connectivity index is 1.30. The van der Waals surface area contributed by atoms with Gasteiger partial charge in [-0.1, -0.05) is 18.2 Å². The molecule has 3 aliphatic rings. The van der Waals surface area contributed by atoms with Gasteiger partial charge >= 0.3 is 6.18 Å². The van der Waals surface area contributed by atoms with Gasteiger partial charge in [-0.2, -0.15) is 18.3 Å². The molecule has 1 aliphatic carbocycles. The van der Waals surface area contributed by atoms with Crippen molar-refractivity contribution < 1.29 is 18.0 Å². The predicted octanol–water partition coefficient (Wildman–Crippen LogP) is 3.30. The molecule has 1 unspecified atom stereocenters. The van der Waals surface area contributed by atoms with Crippen molar-refractivity contribution in [2.45, 2.75) is 38.0 Å². The van der Waals surface area contributed by atoms with Gasteiger partial charge in [-0.05, 0) is 42.2 Å². The zero-order valence-electron chi connectivity index (χ0n) is 15.2. The molecule has 2 N–H and O–H groups in total. The van der Waals surface area contributed by atoms with Gasteiger partial charge < -0.3 is 10.2 Å². The topological polar surface area (TPSA) is 61.0 Å². The summed E-state index contributed by atoms with van der Waals surface area (Å²) in [6, 6.07) is 5.91. The highest BCUT2D eigenvalue weighted by atomic mass is 19.4. The fourth-order valence-corrected chi connectivity index (χ4v) is 5.21. The first-order chi connectivity index (χ1) is 13.4. The Morgan fingerprint density at radius 3 is 2.54 bits per heavy atom. The van der Waals surface area contributed by atoms with Crippen LogP contribution in [-0.2, 0) is 19.3 Å². The van der Waals surface area contributed by atoms with Crippen LogP contribution in [-0.4, -0.2) is 34.1 Å². The minimum atomic E-state index is -4.33. The molecule has 1 saturated heterocycles. The van der Waals surface area contributed by atoms with Crippen LogP contribution in [0, 0.1) is 11.8 Å². The molecule has 0 bridgehead atoms. The second-order valence-corrected chi connectivity index (χ2v) is 8.12. The molecule has 148 valence electrons. The SMILES string of the molecule is O=C(c1n[nH]c2c1CNC2)N1CC2C[C@@H](c3ccccc3C(F)(F)F)C[C@H]2C1. The number of hydrogen-bond acceptors (Lipinski definition) is 3. The molecule has 2 aromatic rings. The largest absolute Gasteiger partial charge is 0.416 e. The number of hydrogen-bond donors (Lipinski definition) is 2. The Morgan fingerprint density at radius 1 is 1.11 bits per heavy atom. The number of amides is 1. The van der Waals surface area contributed by atoms with E-state index in [1.54, 1.807) is 12.1 Å². The van der Waals surface area contributed by atoms with E-state index in [2.05, 4.69) is 15.5 Å². The lowest BCUT2D eigenvalue weighted by atomic mass is 9.91. The number of halogens is 3. The molecule has 1 saturated carbocycles. The highest BCUT2D eigenvalue weighted by Gasteiger charge is 2.45. The molecule has 0 spiro atoms. The second kappa shape index (κ2) is 6.34. The van der Waals surface area contributed by atoms with Crippen LogP contribution in [0.1, 0.15) is 51.6 Å². The van der Waals surface area contributed by atoms with Crippen molar-refractivity contribution in [1.82, 2.24) is 20.4 Å². The molecule has 28 heavy (non-hydrogen) atoms. The zero-order valence-corrected chi connectivity index (χ0v) is 15.2. The van der Waals surface area contributed by atoms with Gasteiger partial charge in [-0.25, -0.2) is 0 Å². The number of aromatic nitrogens is 2. The number of alkyl halides is 3. The van der Waals surface area contributed by atoms with Crippen LogP contribution in [0.4, 0.5) is 13.2 Å². The first kappa shape index (κ1) is 17.7. The van der Waals surface area contributed by atoms with E-state index < -0.39 is 11.7 Å². The maximum absolute atomic E-state index is 13.4. The molecule has 2 fully saturated rings. The molecule has 3 atom stereocenters. The minimum Gasteiger partial charge on any atom is -0.337 e. The molecular formula is C20H21F3N4O. The third-order valence-electron chi connectivity index (χ3n) is 6.50. The summed E-state index contributed by atoms with van der Waals surface area (Å²) in [6.45, 7) is 2.54. The first-order valence-electron chi connectivity index (χ1n) is 9.64. The number of likely N-dealkylation sites (tertiary alicyclic amines) is 1. The van der Waals surface area contributed by atoms with E-state index in [4.69, 9.17) is 0 Å². The van der Waals surface area contributed by atoms with Crippen LogP contribution in [0.15, 0.2) is 24.3 Å². The summed E-state index contributed by atoms with van der Waals surface area (Å²) in [5.74, 6) is 0.340. The van der Waals surface area contributed by atoms with Gasteiger partial charge in [0.15, 0.2) is 5.69 Å². The lowest BCUT2D eigenvalue weighted by Crippen LogP contribution is -2.31. The third-order valence-corrected chi connectivity index (χ3v) is 6.50. The van der Waals surface area contributed by atoms with E-state index in [1.165, 1.54) is 12.1 Å². The van der Waals surface area contributed by atoms with E-state index in [9.17, 15) is 18.0 Å². The first-order valence-corrected chi connectivity index (χ1v) is 9.64. The highest BCUT2D eigenvalue weighted by molar-refractivity contribution is 5.94.